The molecular formula is C17H25N5O2S. The van der Waals surface area contributed by atoms with Crippen LogP contribution in [0.1, 0.15) is 25.1 Å². The minimum Gasteiger partial charge on any atom is -0.370 e. The van der Waals surface area contributed by atoms with Gasteiger partial charge in [-0.3, -0.25) is 0 Å². The van der Waals surface area contributed by atoms with E-state index in [4.69, 9.17) is 5.14 Å². The first kappa shape index (κ1) is 19.1. The molecule has 0 atom stereocenters. The molecular weight excluding hydrogens is 338 g/mol. The predicted molar refractivity (Wildman–Crippen MR) is 100 cm³/mol. The van der Waals surface area contributed by atoms with Crippen LogP contribution in [0.25, 0.3) is 0 Å². The van der Waals surface area contributed by atoms with Gasteiger partial charge in [-0.05, 0) is 44.9 Å². The predicted octanol–water partition coefficient (Wildman–Crippen LogP) is 1.93. The molecule has 2 rings (SSSR count). The van der Waals surface area contributed by atoms with Crippen LogP contribution in [0.3, 0.4) is 0 Å². The Labute approximate surface area is 149 Å². The molecule has 0 unspecified atom stereocenters. The molecule has 0 fully saturated rings. The van der Waals surface area contributed by atoms with Gasteiger partial charge in [0.2, 0.25) is 16.0 Å². The second-order valence-electron chi connectivity index (χ2n) is 5.73. The van der Waals surface area contributed by atoms with Gasteiger partial charge in [0.15, 0.2) is 0 Å². The van der Waals surface area contributed by atoms with Gasteiger partial charge < -0.3 is 10.2 Å². The Morgan fingerprint density at radius 3 is 2.32 bits per heavy atom. The van der Waals surface area contributed by atoms with Crippen LogP contribution in [-0.4, -0.2) is 38.0 Å². The van der Waals surface area contributed by atoms with Crippen molar-refractivity contribution in [3.8, 4) is 0 Å². The van der Waals surface area contributed by atoms with Crippen LogP contribution in [-0.2, 0) is 16.4 Å². The van der Waals surface area contributed by atoms with Crippen LogP contribution < -0.4 is 15.4 Å². The lowest BCUT2D eigenvalue weighted by molar-refractivity contribution is 0.598. The second kappa shape index (κ2) is 8.26. The molecule has 1 aromatic heterocycles. The Morgan fingerprint density at radius 1 is 1.12 bits per heavy atom. The largest absolute Gasteiger partial charge is 0.370 e. The maximum absolute atomic E-state index is 11.3. The van der Waals surface area contributed by atoms with Crippen molar-refractivity contribution in [2.24, 2.45) is 5.14 Å². The molecule has 0 radical (unpaired) electrons. The second-order valence-corrected chi connectivity index (χ2v) is 7.29. The molecule has 2 aromatic rings. The highest BCUT2D eigenvalue weighted by atomic mass is 32.2. The van der Waals surface area contributed by atoms with Crippen LogP contribution in [0.15, 0.2) is 35.2 Å². The maximum atomic E-state index is 11.3. The third kappa shape index (κ3) is 5.40. The number of hydrogen-bond acceptors (Lipinski definition) is 6. The molecule has 25 heavy (non-hydrogen) atoms. The van der Waals surface area contributed by atoms with Gasteiger partial charge in [0.1, 0.15) is 5.82 Å². The Kier molecular flexibility index (Phi) is 6.33. The van der Waals surface area contributed by atoms with Gasteiger partial charge in [-0.1, -0.05) is 12.1 Å². The summed E-state index contributed by atoms with van der Waals surface area (Å²) in [5.74, 6) is 1.51. The fourth-order valence-electron chi connectivity index (χ4n) is 2.47. The van der Waals surface area contributed by atoms with Crippen molar-refractivity contribution >= 4 is 21.8 Å². The number of anilines is 2. The Balaban J connectivity index is 2.00. The lowest BCUT2D eigenvalue weighted by Gasteiger charge is -2.19. The van der Waals surface area contributed by atoms with Crippen LogP contribution in [0.2, 0.25) is 0 Å². The highest BCUT2D eigenvalue weighted by molar-refractivity contribution is 7.89. The molecule has 8 heteroatoms. The summed E-state index contributed by atoms with van der Waals surface area (Å²) in [4.78, 5) is 11.3. The Bertz CT molecular complexity index is 802. The molecule has 0 aliphatic carbocycles. The van der Waals surface area contributed by atoms with E-state index >= 15 is 0 Å². The number of aryl methyl sites for hydroxylation is 1. The van der Waals surface area contributed by atoms with Crippen molar-refractivity contribution in [2.45, 2.75) is 32.1 Å². The highest BCUT2D eigenvalue weighted by Crippen LogP contribution is 2.14. The number of hydrogen-bond donors (Lipinski definition) is 2. The zero-order chi connectivity index (χ0) is 18.4. The number of nitrogens with two attached hydrogens (primary N) is 1. The molecule has 0 amide bonds. The van der Waals surface area contributed by atoms with Crippen molar-refractivity contribution in [1.82, 2.24) is 9.97 Å². The molecule has 0 aliphatic rings. The maximum Gasteiger partial charge on any atom is 0.238 e. The molecule has 1 aromatic carbocycles. The topological polar surface area (TPSA) is 101 Å². The number of nitrogens with one attached hydrogen (secondary N) is 1. The van der Waals surface area contributed by atoms with E-state index in [9.17, 15) is 8.42 Å². The smallest absolute Gasteiger partial charge is 0.238 e. The summed E-state index contributed by atoms with van der Waals surface area (Å²) in [7, 11) is -3.64. The molecule has 0 spiro atoms. The van der Waals surface area contributed by atoms with Crippen molar-refractivity contribution < 1.29 is 8.42 Å². The summed E-state index contributed by atoms with van der Waals surface area (Å²) in [5, 5.41) is 8.40. The number of benzene rings is 1. The molecule has 3 N–H and O–H groups in total. The zero-order valence-corrected chi connectivity index (χ0v) is 15.7. The Hall–Kier alpha value is -2.19. The molecule has 0 aliphatic heterocycles. The molecule has 136 valence electrons. The van der Waals surface area contributed by atoms with E-state index in [-0.39, 0.29) is 4.90 Å². The van der Waals surface area contributed by atoms with Crippen LogP contribution in [0.5, 0.6) is 0 Å². The van der Waals surface area contributed by atoms with E-state index < -0.39 is 10.0 Å². The van der Waals surface area contributed by atoms with Crippen molar-refractivity contribution in [1.29, 1.82) is 0 Å². The zero-order valence-electron chi connectivity index (χ0n) is 14.9. The normalized spacial score (nSPS) is 11.4. The molecule has 0 saturated carbocycles. The van der Waals surface area contributed by atoms with Gasteiger partial charge in [-0.25, -0.2) is 18.5 Å². The third-order valence-corrected chi connectivity index (χ3v) is 4.79. The number of sulfonamides is 1. The van der Waals surface area contributed by atoms with Gasteiger partial charge in [0, 0.05) is 31.4 Å². The minimum absolute atomic E-state index is 0.125. The van der Waals surface area contributed by atoms with E-state index in [1.165, 1.54) is 12.1 Å². The van der Waals surface area contributed by atoms with Crippen LogP contribution in [0.4, 0.5) is 11.8 Å². The quantitative estimate of drug-likeness (QED) is 0.743. The SMILES string of the molecule is CCN(CC)c1nc(C)cc(NCCc2ccc(S(N)(=O)=O)cc2)n1. The van der Waals surface area contributed by atoms with Gasteiger partial charge in [0.25, 0.3) is 0 Å². The van der Waals surface area contributed by atoms with E-state index in [1.54, 1.807) is 12.1 Å². The standard InChI is InChI=1S/C17H25N5O2S/c1-4-22(5-2)17-20-13(3)12-16(21-17)19-11-10-14-6-8-15(9-7-14)25(18,23)24/h6-9,12H,4-5,10-11H2,1-3H3,(H2,18,23,24)(H,19,20,21). The van der Waals surface area contributed by atoms with Gasteiger partial charge >= 0.3 is 0 Å². The first-order valence-corrected chi connectivity index (χ1v) is 9.84. The van der Waals surface area contributed by atoms with E-state index in [0.717, 1.165) is 42.5 Å². The summed E-state index contributed by atoms with van der Waals surface area (Å²) in [6.07, 6.45) is 0.745. The van der Waals surface area contributed by atoms with Gasteiger partial charge in [0.05, 0.1) is 4.90 Å². The fourth-order valence-corrected chi connectivity index (χ4v) is 2.99. The summed E-state index contributed by atoms with van der Waals surface area (Å²) in [5.41, 5.74) is 1.94. The first-order valence-electron chi connectivity index (χ1n) is 8.29. The van der Waals surface area contributed by atoms with Gasteiger partial charge in [-0.15, -0.1) is 0 Å². The summed E-state index contributed by atoms with van der Waals surface area (Å²) < 4.78 is 22.5. The van der Waals surface area contributed by atoms with Crippen LogP contribution in [0, 0.1) is 6.92 Å². The summed E-state index contributed by atoms with van der Waals surface area (Å²) in [6, 6.07) is 8.51. The van der Waals surface area contributed by atoms with Crippen LogP contribution >= 0.6 is 0 Å². The monoisotopic (exact) mass is 363 g/mol. The fraction of sp³-hybridized carbons (Fsp3) is 0.412. The molecule has 0 saturated heterocycles. The third-order valence-electron chi connectivity index (χ3n) is 3.86. The first-order chi connectivity index (χ1) is 11.8. The number of aromatic nitrogens is 2. The lowest BCUT2D eigenvalue weighted by atomic mass is 10.1. The van der Waals surface area contributed by atoms with E-state index in [1.807, 2.05) is 13.0 Å². The minimum atomic E-state index is -3.64. The number of rotatable bonds is 8. The number of nitrogens with zero attached hydrogens (tertiary/aromatic N) is 3. The summed E-state index contributed by atoms with van der Waals surface area (Å²) in [6.45, 7) is 8.50. The van der Waals surface area contributed by atoms with Crippen molar-refractivity contribution in [3.63, 3.8) is 0 Å². The van der Waals surface area contributed by atoms with Crippen molar-refractivity contribution in [2.75, 3.05) is 29.9 Å². The van der Waals surface area contributed by atoms with E-state index in [2.05, 4.69) is 34.0 Å². The average Bonchev–Trinajstić information content (AvgIpc) is 2.55. The molecule has 7 nitrogen and oxygen atoms in total. The van der Waals surface area contributed by atoms with Crippen molar-refractivity contribution in [3.05, 3.63) is 41.6 Å². The summed E-state index contributed by atoms with van der Waals surface area (Å²) >= 11 is 0. The lowest BCUT2D eigenvalue weighted by Crippen LogP contribution is -2.25. The highest BCUT2D eigenvalue weighted by Gasteiger charge is 2.09. The van der Waals surface area contributed by atoms with Gasteiger partial charge in [-0.2, -0.15) is 4.98 Å². The number of primary sulfonamides is 1. The average molecular weight is 363 g/mol. The molecule has 0 bridgehead atoms. The Morgan fingerprint density at radius 2 is 1.76 bits per heavy atom. The van der Waals surface area contributed by atoms with E-state index in [0.29, 0.717) is 6.54 Å². The molecule has 1 heterocycles.